The molecule has 0 aromatic carbocycles. The third kappa shape index (κ3) is 1.14. The lowest BCUT2D eigenvalue weighted by atomic mass is 10.3. The Hall–Kier alpha value is -0.0800. The van der Waals surface area contributed by atoms with Gasteiger partial charge in [-0.1, -0.05) is 0 Å². The Morgan fingerprint density at radius 2 is 2.57 bits per heavy atom. The van der Waals surface area contributed by atoms with Gasteiger partial charge < -0.3 is 9.47 Å². The molecule has 1 fully saturated rings. The first-order valence-corrected chi connectivity index (χ1v) is 2.42. The van der Waals surface area contributed by atoms with Crippen molar-refractivity contribution in [2.75, 3.05) is 13.2 Å². The molecule has 0 aromatic rings. The van der Waals surface area contributed by atoms with Gasteiger partial charge >= 0.3 is 0 Å². The van der Waals surface area contributed by atoms with Gasteiger partial charge in [-0.15, -0.1) is 0 Å². The Labute approximate surface area is 43.4 Å². The normalized spacial score (nSPS) is 31.3. The predicted molar refractivity (Wildman–Crippen MR) is 25.7 cm³/mol. The van der Waals surface area contributed by atoms with Crippen molar-refractivity contribution in [2.24, 2.45) is 0 Å². The molecule has 1 atom stereocenters. The fourth-order valence-corrected chi connectivity index (χ4v) is 0.644. The van der Waals surface area contributed by atoms with Crippen LogP contribution in [0.4, 0.5) is 0 Å². The summed E-state index contributed by atoms with van der Waals surface area (Å²) in [5.41, 5.74) is 0. The van der Waals surface area contributed by atoms with Crippen molar-refractivity contribution >= 4 is 0 Å². The molecule has 1 aliphatic rings. The summed E-state index contributed by atoms with van der Waals surface area (Å²) in [6.07, 6.45) is 1.27. The van der Waals surface area contributed by atoms with Gasteiger partial charge in [0.1, 0.15) is 0 Å². The molecule has 0 unspecified atom stereocenters. The van der Waals surface area contributed by atoms with Gasteiger partial charge in [-0.2, -0.15) is 0 Å². The Morgan fingerprint density at radius 3 is 2.86 bits per heavy atom. The van der Waals surface area contributed by atoms with Gasteiger partial charge in [-0.05, 0) is 6.42 Å². The van der Waals surface area contributed by atoms with E-state index in [0.717, 1.165) is 19.6 Å². The lowest BCUT2D eigenvalue weighted by molar-refractivity contribution is 0.106. The summed E-state index contributed by atoms with van der Waals surface area (Å²) in [6.45, 7) is 1.56. The monoisotopic (exact) mass is 101 g/mol. The number of ether oxygens (including phenoxy) is 2. The lowest BCUT2D eigenvalue weighted by Gasteiger charge is -1.99. The van der Waals surface area contributed by atoms with Crippen LogP contribution in [0.5, 0.6) is 0 Å². The van der Waals surface area contributed by atoms with Gasteiger partial charge in [-0.25, -0.2) is 0 Å². The van der Waals surface area contributed by atoms with E-state index in [2.05, 4.69) is 7.11 Å². The fraction of sp³-hybridized carbons (Fsp3) is 0.800. The van der Waals surface area contributed by atoms with Crippen LogP contribution >= 0.6 is 0 Å². The smallest absolute Gasteiger partial charge is 0.0831 e. The van der Waals surface area contributed by atoms with Gasteiger partial charge in [0, 0.05) is 6.61 Å². The highest BCUT2D eigenvalue weighted by atomic mass is 16.5. The first-order valence-electron chi connectivity index (χ1n) is 2.42. The number of hydrogen-bond acceptors (Lipinski definition) is 2. The van der Waals surface area contributed by atoms with E-state index >= 15 is 0 Å². The molecule has 0 spiro atoms. The second-order valence-corrected chi connectivity index (χ2v) is 1.65. The molecule has 1 aliphatic heterocycles. The second kappa shape index (κ2) is 2.28. The summed E-state index contributed by atoms with van der Waals surface area (Å²) in [4.78, 5) is 0. The number of rotatable bonds is 1. The summed E-state index contributed by atoms with van der Waals surface area (Å²) in [5.74, 6) is 0. The molecule has 2 nitrogen and oxygen atoms in total. The lowest BCUT2D eigenvalue weighted by Crippen LogP contribution is -2.06. The minimum absolute atomic E-state index is 0.264. The minimum atomic E-state index is 0.264. The Balaban J connectivity index is 2.14. The maximum Gasteiger partial charge on any atom is 0.0831 e. The van der Waals surface area contributed by atoms with Crippen molar-refractivity contribution in [3.8, 4) is 0 Å². The van der Waals surface area contributed by atoms with Crippen LogP contribution in [0.15, 0.2) is 0 Å². The van der Waals surface area contributed by atoms with E-state index in [4.69, 9.17) is 9.47 Å². The average molecular weight is 101 g/mol. The zero-order chi connectivity index (χ0) is 5.11. The largest absolute Gasteiger partial charge is 0.379 e. The van der Waals surface area contributed by atoms with E-state index in [0.29, 0.717) is 0 Å². The zero-order valence-corrected chi connectivity index (χ0v) is 4.22. The van der Waals surface area contributed by atoms with Crippen LogP contribution in [0.25, 0.3) is 0 Å². The van der Waals surface area contributed by atoms with Gasteiger partial charge in [0.2, 0.25) is 0 Å². The first kappa shape index (κ1) is 5.06. The van der Waals surface area contributed by atoms with Crippen molar-refractivity contribution in [1.29, 1.82) is 0 Å². The molecule has 0 bridgehead atoms. The van der Waals surface area contributed by atoms with E-state index in [-0.39, 0.29) is 6.10 Å². The molecule has 0 aliphatic carbocycles. The summed E-state index contributed by atoms with van der Waals surface area (Å²) >= 11 is 0. The molecule has 0 amide bonds. The van der Waals surface area contributed by atoms with Crippen molar-refractivity contribution in [3.05, 3.63) is 7.11 Å². The van der Waals surface area contributed by atoms with Gasteiger partial charge in [0.15, 0.2) is 0 Å². The van der Waals surface area contributed by atoms with Crippen LogP contribution in [0.3, 0.4) is 0 Å². The summed E-state index contributed by atoms with van der Waals surface area (Å²) in [5, 5.41) is 0. The standard InChI is InChI=1S/C5H9O2/c1-6-5-2-3-7-4-5/h5H,1-4H2/t5-/m1/s1. The Bertz CT molecular complexity index is 48.0. The molecule has 0 N–H and O–H groups in total. The number of hydrogen-bond donors (Lipinski definition) is 0. The molecule has 0 saturated carbocycles. The molecular formula is C5H9O2. The van der Waals surface area contributed by atoms with E-state index in [1.165, 1.54) is 0 Å². The minimum Gasteiger partial charge on any atom is -0.379 e. The highest BCUT2D eigenvalue weighted by molar-refractivity contribution is 4.61. The van der Waals surface area contributed by atoms with Crippen LogP contribution in [-0.2, 0) is 9.47 Å². The molecule has 7 heavy (non-hydrogen) atoms. The second-order valence-electron chi connectivity index (χ2n) is 1.65. The molecular weight excluding hydrogens is 92.1 g/mol. The summed E-state index contributed by atoms with van der Waals surface area (Å²) in [6, 6.07) is 0. The molecule has 41 valence electrons. The maximum absolute atomic E-state index is 4.98. The highest BCUT2D eigenvalue weighted by Gasteiger charge is 2.12. The third-order valence-electron chi connectivity index (χ3n) is 1.12. The van der Waals surface area contributed by atoms with Gasteiger partial charge in [0.05, 0.1) is 19.8 Å². The van der Waals surface area contributed by atoms with Crippen molar-refractivity contribution in [3.63, 3.8) is 0 Å². The summed E-state index contributed by atoms with van der Waals surface area (Å²) in [7, 11) is 3.29. The summed E-state index contributed by atoms with van der Waals surface area (Å²) < 4.78 is 9.72. The van der Waals surface area contributed by atoms with E-state index in [1.54, 1.807) is 0 Å². The maximum atomic E-state index is 4.98. The van der Waals surface area contributed by atoms with Crippen LogP contribution < -0.4 is 0 Å². The van der Waals surface area contributed by atoms with Crippen LogP contribution in [0.2, 0.25) is 0 Å². The van der Waals surface area contributed by atoms with Gasteiger partial charge in [0.25, 0.3) is 0 Å². The molecule has 0 aromatic heterocycles. The van der Waals surface area contributed by atoms with Crippen molar-refractivity contribution in [2.45, 2.75) is 12.5 Å². The van der Waals surface area contributed by atoms with Crippen LogP contribution in [0, 0.1) is 7.11 Å². The Morgan fingerprint density at radius 1 is 1.71 bits per heavy atom. The van der Waals surface area contributed by atoms with E-state index < -0.39 is 0 Å². The van der Waals surface area contributed by atoms with Crippen LogP contribution in [-0.4, -0.2) is 19.3 Å². The quantitative estimate of drug-likeness (QED) is 0.481. The fourth-order valence-electron chi connectivity index (χ4n) is 0.644. The first-order chi connectivity index (χ1) is 3.43. The molecule has 2 heteroatoms. The molecule has 1 rings (SSSR count). The average Bonchev–Trinajstić information content (AvgIpc) is 2.14. The van der Waals surface area contributed by atoms with Gasteiger partial charge in [-0.3, -0.25) is 0 Å². The Kier molecular flexibility index (Phi) is 1.65. The highest BCUT2D eigenvalue weighted by Crippen LogP contribution is 2.05. The predicted octanol–water partition coefficient (Wildman–Crippen LogP) is 0.583. The third-order valence-corrected chi connectivity index (χ3v) is 1.12. The van der Waals surface area contributed by atoms with E-state index in [1.807, 2.05) is 0 Å². The van der Waals surface area contributed by atoms with Crippen molar-refractivity contribution < 1.29 is 9.47 Å². The SMILES string of the molecule is [CH2]O[C@@H]1CCOC1. The molecule has 1 saturated heterocycles. The zero-order valence-electron chi connectivity index (χ0n) is 4.22. The molecule has 1 radical (unpaired) electrons. The van der Waals surface area contributed by atoms with Crippen molar-refractivity contribution in [1.82, 2.24) is 0 Å². The topological polar surface area (TPSA) is 18.5 Å². The molecule has 1 heterocycles. The van der Waals surface area contributed by atoms with Crippen LogP contribution in [0.1, 0.15) is 6.42 Å². The van der Waals surface area contributed by atoms with E-state index in [9.17, 15) is 0 Å².